The average molecular weight is 587 g/mol. The zero-order valence-corrected chi connectivity index (χ0v) is 24.0. The lowest BCUT2D eigenvalue weighted by Crippen LogP contribution is -2.39. The summed E-state index contributed by atoms with van der Waals surface area (Å²) in [6, 6.07) is 17.3. The minimum Gasteiger partial charge on any atom is -0.333 e. The van der Waals surface area contributed by atoms with Crippen molar-refractivity contribution in [1.29, 1.82) is 0 Å². The SMILES string of the molecule is CCCC(=O)N1CCCN(Cc2ccccc2)CCN(C(=O)c2ccc(C(F)(F)F)nc2C)Cc2ccc(Cl)cc21. The maximum Gasteiger partial charge on any atom is 0.433 e. The number of alkyl halides is 3. The summed E-state index contributed by atoms with van der Waals surface area (Å²) in [5.41, 5.74) is 1.59. The number of carbonyl (C=O) groups excluding carboxylic acids is 2. The molecule has 2 heterocycles. The molecule has 1 aromatic heterocycles. The van der Waals surface area contributed by atoms with Crippen LogP contribution in [0.3, 0.4) is 0 Å². The van der Waals surface area contributed by atoms with E-state index in [1.807, 2.05) is 43.3 Å². The summed E-state index contributed by atoms with van der Waals surface area (Å²) in [5, 5.41) is 0.472. The molecule has 6 nitrogen and oxygen atoms in total. The van der Waals surface area contributed by atoms with E-state index in [1.165, 1.54) is 13.0 Å². The minimum atomic E-state index is -4.61. The van der Waals surface area contributed by atoms with E-state index in [9.17, 15) is 22.8 Å². The van der Waals surface area contributed by atoms with Gasteiger partial charge in [-0.05, 0) is 55.2 Å². The molecular formula is C31H34ClF3N4O2. The second kappa shape index (κ2) is 13.5. The van der Waals surface area contributed by atoms with Crippen LogP contribution in [0.25, 0.3) is 0 Å². The first-order chi connectivity index (χ1) is 19.6. The third-order valence-electron chi connectivity index (χ3n) is 7.15. The fraction of sp³-hybridized carbons (Fsp3) is 0.387. The molecule has 0 N–H and O–H groups in total. The van der Waals surface area contributed by atoms with E-state index in [0.717, 1.165) is 17.2 Å². The van der Waals surface area contributed by atoms with Crippen molar-refractivity contribution in [3.8, 4) is 0 Å². The Hall–Kier alpha value is -3.43. The number of halogens is 4. The highest BCUT2D eigenvalue weighted by Gasteiger charge is 2.33. The second-order valence-corrected chi connectivity index (χ2v) is 10.7. The van der Waals surface area contributed by atoms with Crippen LogP contribution in [-0.4, -0.2) is 52.8 Å². The molecule has 3 aromatic rings. The number of hydrogen-bond acceptors (Lipinski definition) is 4. The molecule has 0 saturated heterocycles. The smallest absolute Gasteiger partial charge is 0.333 e. The molecule has 0 aliphatic carbocycles. The molecule has 0 radical (unpaired) electrons. The van der Waals surface area contributed by atoms with Gasteiger partial charge in [0.1, 0.15) is 5.69 Å². The van der Waals surface area contributed by atoms with Crippen molar-refractivity contribution in [3.05, 3.63) is 93.8 Å². The van der Waals surface area contributed by atoms with Crippen LogP contribution in [0.1, 0.15) is 59.1 Å². The second-order valence-electron chi connectivity index (χ2n) is 10.2. The van der Waals surface area contributed by atoms with Crippen molar-refractivity contribution >= 4 is 29.1 Å². The molecule has 0 bridgehead atoms. The van der Waals surface area contributed by atoms with Gasteiger partial charge in [-0.1, -0.05) is 54.9 Å². The normalized spacial score (nSPS) is 15.3. The molecule has 0 spiro atoms. The maximum absolute atomic E-state index is 13.9. The topological polar surface area (TPSA) is 56.8 Å². The summed E-state index contributed by atoms with van der Waals surface area (Å²) < 4.78 is 39.7. The summed E-state index contributed by atoms with van der Waals surface area (Å²) in [4.78, 5) is 36.4. The van der Waals surface area contributed by atoms with Crippen molar-refractivity contribution in [2.24, 2.45) is 0 Å². The van der Waals surface area contributed by atoms with Crippen molar-refractivity contribution in [2.45, 2.75) is 52.4 Å². The number of hydrogen-bond donors (Lipinski definition) is 0. The number of amides is 2. The molecule has 41 heavy (non-hydrogen) atoms. The molecule has 1 aliphatic heterocycles. The summed E-state index contributed by atoms with van der Waals surface area (Å²) in [5.74, 6) is -0.444. The molecule has 1 aliphatic rings. The van der Waals surface area contributed by atoms with Crippen LogP contribution in [0.5, 0.6) is 0 Å². The third kappa shape index (κ3) is 7.86. The molecule has 10 heteroatoms. The van der Waals surface area contributed by atoms with Gasteiger partial charge in [-0.15, -0.1) is 0 Å². The Morgan fingerprint density at radius 2 is 1.73 bits per heavy atom. The van der Waals surface area contributed by atoms with Gasteiger partial charge in [0, 0.05) is 50.7 Å². The standard InChI is InChI=1S/C31H34ClF3N4O2/c1-3-8-29(40)39-16-7-15-37(20-23-9-5-4-6-10-23)17-18-38(21-24-11-12-25(32)19-27(24)39)30(41)26-13-14-28(31(33,34)35)36-22(26)2/h4-6,9-14,19H,3,7-8,15-18,20-21H2,1-2H3. The summed E-state index contributed by atoms with van der Waals surface area (Å²) in [6.07, 6.45) is -2.83. The van der Waals surface area contributed by atoms with E-state index in [0.29, 0.717) is 62.7 Å². The Labute approximate surface area is 243 Å². The van der Waals surface area contributed by atoms with E-state index in [2.05, 4.69) is 9.88 Å². The predicted molar refractivity (Wildman–Crippen MR) is 154 cm³/mol. The predicted octanol–water partition coefficient (Wildman–Crippen LogP) is 6.74. The van der Waals surface area contributed by atoms with Crippen LogP contribution in [0.2, 0.25) is 5.02 Å². The highest BCUT2D eigenvalue weighted by atomic mass is 35.5. The average Bonchev–Trinajstić information content (AvgIpc) is 2.96. The summed E-state index contributed by atoms with van der Waals surface area (Å²) >= 11 is 6.38. The van der Waals surface area contributed by atoms with E-state index in [1.54, 1.807) is 21.9 Å². The highest BCUT2D eigenvalue weighted by molar-refractivity contribution is 6.31. The number of nitrogens with zero attached hydrogens (tertiary/aromatic N) is 4. The fourth-order valence-electron chi connectivity index (χ4n) is 5.05. The third-order valence-corrected chi connectivity index (χ3v) is 7.38. The number of rotatable bonds is 5. The van der Waals surface area contributed by atoms with Gasteiger partial charge >= 0.3 is 6.18 Å². The van der Waals surface area contributed by atoms with Gasteiger partial charge in [0.15, 0.2) is 0 Å². The first-order valence-electron chi connectivity index (χ1n) is 13.8. The van der Waals surface area contributed by atoms with Crippen molar-refractivity contribution in [3.63, 3.8) is 0 Å². The van der Waals surface area contributed by atoms with Crippen LogP contribution in [-0.2, 0) is 24.1 Å². The van der Waals surface area contributed by atoms with Gasteiger partial charge in [-0.3, -0.25) is 14.5 Å². The van der Waals surface area contributed by atoms with E-state index < -0.39 is 17.8 Å². The Morgan fingerprint density at radius 3 is 2.41 bits per heavy atom. The van der Waals surface area contributed by atoms with Crippen LogP contribution in [0.4, 0.5) is 18.9 Å². The number of aromatic nitrogens is 1. The fourth-order valence-corrected chi connectivity index (χ4v) is 5.22. The molecule has 218 valence electrons. The molecule has 2 amide bonds. The zero-order chi connectivity index (χ0) is 29.6. The van der Waals surface area contributed by atoms with Crippen LogP contribution in [0, 0.1) is 6.92 Å². The molecule has 2 aromatic carbocycles. The van der Waals surface area contributed by atoms with Gasteiger partial charge in [0.2, 0.25) is 5.91 Å². The number of fused-ring (bicyclic) bond motifs is 1. The van der Waals surface area contributed by atoms with E-state index in [-0.39, 0.29) is 23.7 Å². The lowest BCUT2D eigenvalue weighted by atomic mass is 10.1. The van der Waals surface area contributed by atoms with Crippen molar-refractivity contribution in [1.82, 2.24) is 14.8 Å². The van der Waals surface area contributed by atoms with Crippen LogP contribution >= 0.6 is 11.6 Å². The zero-order valence-electron chi connectivity index (χ0n) is 23.3. The van der Waals surface area contributed by atoms with Gasteiger partial charge in [-0.25, -0.2) is 4.98 Å². The lowest BCUT2D eigenvalue weighted by molar-refractivity contribution is -0.141. The van der Waals surface area contributed by atoms with E-state index >= 15 is 0 Å². The van der Waals surface area contributed by atoms with Crippen LogP contribution in [0.15, 0.2) is 60.7 Å². The Kier molecular flexibility index (Phi) is 10.0. The molecule has 4 rings (SSSR count). The number of pyridine rings is 1. The molecule has 0 saturated carbocycles. The largest absolute Gasteiger partial charge is 0.433 e. The Bertz CT molecular complexity index is 1370. The monoisotopic (exact) mass is 586 g/mol. The summed E-state index contributed by atoms with van der Waals surface area (Å²) in [6.45, 7) is 6.22. The first-order valence-corrected chi connectivity index (χ1v) is 14.1. The number of carbonyl (C=O) groups is 2. The van der Waals surface area contributed by atoms with Gasteiger partial charge in [-0.2, -0.15) is 13.2 Å². The van der Waals surface area contributed by atoms with Gasteiger partial charge in [0.25, 0.3) is 5.91 Å². The minimum absolute atomic E-state index is 0.0105. The van der Waals surface area contributed by atoms with Crippen LogP contribution < -0.4 is 4.90 Å². The maximum atomic E-state index is 13.9. The lowest BCUT2D eigenvalue weighted by Gasteiger charge is -2.29. The highest BCUT2D eigenvalue weighted by Crippen LogP contribution is 2.30. The van der Waals surface area contributed by atoms with E-state index in [4.69, 9.17) is 11.6 Å². The number of anilines is 1. The Morgan fingerprint density at radius 1 is 0.976 bits per heavy atom. The molecule has 0 unspecified atom stereocenters. The summed E-state index contributed by atoms with van der Waals surface area (Å²) in [7, 11) is 0. The Balaban J connectivity index is 1.73. The molecule has 0 atom stereocenters. The first kappa shape index (κ1) is 30.5. The quantitative estimate of drug-likeness (QED) is 0.332. The number of aryl methyl sites for hydroxylation is 1. The number of benzene rings is 2. The van der Waals surface area contributed by atoms with Gasteiger partial charge < -0.3 is 9.80 Å². The van der Waals surface area contributed by atoms with Crippen molar-refractivity contribution in [2.75, 3.05) is 31.1 Å². The van der Waals surface area contributed by atoms with Crippen molar-refractivity contribution < 1.29 is 22.8 Å². The van der Waals surface area contributed by atoms with Gasteiger partial charge in [0.05, 0.1) is 16.9 Å². The molecular weight excluding hydrogens is 553 g/mol. The molecule has 0 fully saturated rings.